The summed E-state index contributed by atoms with van der Waals surface area (Å²) in [7, 11) is 2.11. The topological polar surface area (TPSA) is 66.3 Å². The van der Waals surface area contributed by atoms with Crippen LogP contribution in [0.3, 0.4) is 0 Å². The molecule has 8 heteroatoms. The highest BCUT2D eigenvalue weighted by Gasteiger charge is 2.18. The Hall–Kier alpha value is -2.90. The van der Waals surface area contributed by atoms with E-state index in [-0.39, 0.29) is 5.91 Å². The number of aromatic nitrogens is 3. The first-order valence-electron chi connectivity index (χ1n) is 9.54. The zero-order valence-corrected chi connectivity index (χ0v) is 17.2. The van der Waals surface area contributed by atoms with Gasteiger partial charge in [0.25, 0.3) is 5.91 Å². The molecule has 3 aromatic rings. The Labute approximate surface area is 174 Å². The number of anilines is 2. The Bertz CT molecular complexity index is 1010. The molecule has 150 valence electrons. The summed E-state index contributed by atoms with van der Waals surface area (Å²) < 4.78 is 1.69. The lowest BCUT2D eigenvalue weighted by molar-refractivity contribution is 0.102. The van der Waals surface area contributed by atoms with Gasteiger partial charge in [-0.1, -0.05) is 17.7 Å². The number of carbonyl (C=O) groups excluding carboxylic acids is 1. The predicted molar refractivity (Wildman–Crippen MR) is 115 cm³/mol. The Balaban J connectivity index is 1.54. The lowest BCUT2D eigenvalue weighted by atomic mass is 10.3. The fourth-order valence-electron chi connectivity index (χ4n) is 3.31. The van der Waals surface area contributed by atoms with Gasteiger partial charge in [0.05, 0.1) is 11.4 Å². The largest absolute Gasteiger partial charge is 0.354 e. The van der Waals surface area contributed by atoms with Gasteiger partial charge in [0.2, 0.25) is 0 Å². The third kappa shape index (κ3) is 4.41. The van der Waals surface area contributed by atoms with Gasteiger partial charge in [-0.25, -0.2) is 9.67 Å². The van der Waals surface area contributed by atoms with Crippen molar-refractivity contribution in [1.82, 2.24) is 19.7 Å². The molecule has 0 saturated carbocycles. The quantitative estimate of drug-likeness (QED) is 0.715. The van der Waals surface area contributed by atoms with Gasteiger partial charge in [-0.15, -0.1) is 0 Å². The first kappa shape index (κ1) is 19.4. The van der Waals surface area contributed by atoms with E-state index in [1.807, 2.05) is 37.3 Å². The van der Waals surface area contributed by atoms with Crippen molar-refractivity contribution >= 4 is 29.1 Å². The molecule has 1 aromatic carbocycles. The van der Waals surface area contributed by atoms with E-state index in [1.165, 1.54) is 0 Å². The fourth-order valence-corrected chi connectivity index (χ4v) is 3.44. The molecule has 0 unspecified atom stereocenters. The fraction of sp³-hybridized carbons (Fsp3) is 0.286. The summed E-state index contributed by atoms with van der Waals surface area (Å²) in [6, 6.07) is 14.7. The average Bonchev–Trinajstić information content (AvgIpc) is 3.09. The van der Waals surface area contributed by atoms with Crippen LogP contribution in [0.5, 0.6) is 0 Å². The molecule has 0 atom stereocenters. The van der Waals surface area contributed by atoms with Crippen LogP contribution in [0.4, 0.5) is 11.6 Å². The minimum Gasteiger partial charge on any atom is -0.354 e. The Morgan fingerprint density at radius 3 is 2.52 bits per heavy atom. The number of piperazine rings is 1. The maximum atomic E-state index is 12.9. The molecular formula is C21H23ClN6O. The molecule has 7 nitrogen and oxygen atoms in total. The molecular weight excluding hydrogens is 388 g/mol. The molecule has 1 aliphatic rings. The minimum atomic E-state index is -0.268. The molecule has 29 heavy (non-hydrogen) atoms. The van der Waals surface area contributed by atoms with Gasteiger partial charge in [-0.05, 0) is 50.4 Å². The van der Waals surface area contributed by atoms with Crippen LogP contribution in [0.15, 0.2) is 48.5 Å². The van der Waals surface area contributed by atoms with Gasteiger partial charge in [0, 0.05) is 37.3 Å². The number of benzene rings is 1. The van der Waals surface area contributed by atoms with Gasteiger partial charge in [-0.2, -0.15) is 5.10 Å². The number of halogens is 1. The van der Waals surface area contributed by atoms with Gasteiger partial charge in [0.1, 0.15) is 17.3 Å². The standard InChI is InChI=1S/C21H23ClN6O/c1-15-14-20(28(25-15)17-8-6-16(22)7-9-17)24-21(29)18-4-3-5-19(23-18)27-12-10-26(2)11-13-27/h3-9,14H,10-13H2,1-2H3,(H,24,29). The molecule has 1 fully saturated rings. The first-order chi connectivity index (χ1) is 14.0. The number of pyridine rings is 1. The summed E-state index contributed by atoms with van der Waals surface area (Å²) in [6.07, 6.45) is 0. The summed E-state index contributed by atoms with van der Waals surface area (Å²) in [4.78, 5) is 22.0. The van der Waals surface area contributed by atoms with E-state index in [0.29, 0.717) is 16.5 Å². The summed E-state index contributed by atoms with van der Waals surface area (Å²) >= 11 is 5.98. The van der Waals surface area contributed by atoms with Crippen molar-refractivity contribution in [3.05, 3.63) is 64.9 Å². The lowest BCUT2D eigenvalue weighted by Gasteiger charge is -2.33. The second kappa shape index (κ2) is 8.23. The number of aryl methyl sites for hydroxylation is 1. The van der Waals surface area contributed by atoms with Crippen molar-refractivity contribution < 1.29 is 4.79 Å². The number of nitrogens with zero attached hydrogens (tertiary/aromatic N) is 5. The molecule has 3 heterocycles. The normalized spacial score (nSPS) is 14.8. The SMILES string of the molecule is Cc1cc(NC(=O)c2cccc(N3CCN(C)CC3)n2)n(-c2ccc(Cl)cc2)n1. The van der Waals surface area contributed by atoms with Crippen LogP contribution in [0.25, 0.3) is 5.69 Å². The Kier molecular flexibility index (Phi) is 5.51. The monoisotopic (exact) mass is 410 g/mol. The van der Waals surface area contributed by atoms with E-state index < -0.39 is 0 Å². The van der Waals surface area contributed by atoms with Crippen molar-refractivity contribution in [2.75, 3.05) is 43.4 Å². The van der Waals surface area contributed by atoms with Gasteiger partial charge in [0.15, 0.2) is 0 Å². The van der Waals surface area contributed by atoms with Crippen LogP contribution in [-0.4, -0.2) is 58.8 Å². The first-order valence-corrected chi connectivity index (χ1v) is 9.92. The second-order valence-corrected chi connectivity index (χ2v) is 7.62. The summed E-state index contributed by atoms with van der Waals surface area (Å²) in [6.45, 7) is 5.65. The van der Waals surface area contributed by atoms with E-state index in [9.17, 15) is 4.79 Å². The van der Waals surface area contributed by atoms with E-state index in [4.69, 9.17) is 11.6 Å². The zero-order chi connectivity index (χ0) is 20.4. The van der Waals surface area contributed by atoms with Crippen LogP contribution in [-0.2, 0) is 0 Å². The number of carbonyl (C=O) groups is 1. The number of amides is 1. The molecule has 1 N–H and O–H groups in total. The minimum absolute atomic E-state index is 0.268. The van der Waals surface area contributed by atoms with Gasteiger partial charge >= 0.3 is 0 Å². The number of hydrogen-bond donors (Lipinski definition) is 1. The molecule has 1 saturated heterocycles. The van der Waals surface area contributed by atoms with Crippen molar-refractivity contribution in [3.63, 3.8) is 0 Å². The number of rotatable bonds is 4. The highest BCUT2D eigenvalue weighted by atomic mass is 35.5. The third-order valence-electron chi connectivity index (χ3n) is 4.94. The van der Waals surface area contributed by atoms with E-state index >= 15 is 0 Å². The number of likely N-dealkylation sites (N-methyl/N-ethyl adjacent to an activating group) is 1. The maximum Gasteiger partial charge on any atom is 0.275 e. The predicted octanol–water partition coefficient (Wildman–Crippen LogP) is 3.23. The Morgan fingerprint density at radius 2 is 1.79 bits per heavy atom. The van der Waals surface area contributed by atoms with Crippen LogP contribution in [0, 0.1) is 6.92 Å². The average molecular weight is 411 g/mol. The number of hydrogen-bond acceptors (Lipinski definition) is 5. The molecule has 0 aliphatic carbocycles. The summed E-state index contributed by atoms with van der Waals surface area (Å²) in [5, 5.41) is 8.06. The van der Waals surface area contributed by atoms with Crippen molar-refractivity contribution in [1.29, 1.82) is 0 Å². The van der Waals surface area contributed by atoms with Crippen molar-refractivity contribution in [2.24, 2.45) is 0 Å². The van der Waals surface area contributed by atoms with E-state index in [0.717, 1.165) is 43.4 Å². The molecule has 1 aliphatic heterocycles. The molecule has 1 amide bonds. The number of nitrogens with one attached hydrogen (secondary N) is 1. The third-order valence-corrected chi connectivity index (χ3v) is 5.19. The van der Waals surface area contributed by atoms with Crippen LogP contribution >= 0.6 is 11.6 Å². The van der Waals surface area contributed by atoms with Crippen LogP contribution in [0.1, 0.15) is 16.2 Å². The van der Waals surface area contributed by atoms with Crippen LogP contribution < -0.4 is 10.2 Å². The highest BCUT2D eigenvalue weighted by molar-refractivity contribution is 6.30. The molecule has 0 spiro atoms. The van der Waals surface area contributed by atoms with Gasteiger partial charge in [-0.3, -0.25) is 4.79 Å². The maximum absolute atomic E-state index is 12.9. The molecule has 4 rings (SSSR count). The van der Waals surface area contributed by atoms with E-state index in [2.05, 4.69) is 32.2 Å². The Morgan fingerprint density at radius 1 is 1.07 bits per heavy atom. The lowest BCUT2D eigenvalue weighted by Crippen LogP contribution is -2.44. The molecule has 0 radical (unpaired) electrons. The van der Waals surface area contributed by atoms with Crippen molar-refractivity contribution in [2.45, 2.75) is 6.92 Å². The summed E-state index contributed by atoms with van der Waals surface area (Å²) in [5.74, 6) is 1.14. The highest BCUT2D eigenvalue weighted by Crippen LogP contribution is 2.20. The van der Waals surface area contributed by atoms with Gasteiger partial charge < -0.3 is 15.1 Å². The molecule has 0 bridgehead atoms. The second-order valence-electron chi connectivity index (χ2n) is 7.18. The van der Waals surface area contributed by atoms with Crippen molar-refractivity contribution in [3.8, 4) is 5.69 Å². The summed E-state index contributed by atoms with van der Waals surface area (Å²) in [5.41, 5.74) is 1.99. The molecule has 2 aromatic heterocycles. The van der Waals surface area contributed by atoms with E-state index in [1.54, 1.807) is 22.9 Å². The van der Waals surface area contributed by atoms with Crippen LogP contribution in [0.2, 0.25) is 5.02 Å². The smallest absolute Gasteiger partial charge is 0.275 e. The zero-order valence-electron chi connectivity index (χ0n) is 16.5.